The summed E-state index contributed by atoms with van der Waals surface area (Å²) in [6.45, 7) is 0. The molecule has 2 nitrogen and oxygen atoms in total. The van der Waals surface area contributed by atoms with E-state index >= 15 is 0 Å². The summed E-state index contributed by atoms with van der Waals surface area (Å²) >= 11 is 1.85. The standard InChI is InChI=1S/C46H32N2S/c1-4-14-35(15-5-1)47(36-16-6-2-7-17-36)39-27-29-42-34(31-39)13-12-21-41(42)33-23-25-38(26-24-33)48(37-18-8-3-9-19-37)40-28-30-44-43-20-10-11-22-45(43)49-46(44)32-40/h1-32H. The number of hydrogen-bond acceptors (Lipinski definition) is 3. The average Bonchev–Trinajstić information content (AvgIpc) is 3.54. The fourth-order valence-corrected chi connectivity index (χ4v) is 8.07. The Labute approximate surface area is 290 Å². The van der Waals surface area contributed by atoms with Gasteiger partial charge in [-0.1, -0.05) is 115 Å². The van der Waals surface area contributed by atoms with E-state index in [4.69, 9.17) is 0 Å². The molecule has 3 heteroatoms. The first-order valence-electron chi connectivity index (χ1n) is 16.6. The SMILES string of the molecule is c1ccc(N(c2ccccc2)c2ccc3c(-c4ccc(N(c5ccccc5)c5ccc6c(c5)sc5ccccc56)cc4)cccc3c2)cc1. The van der Waals surface area contributed by atoms with E-state index in [1.54, 1.807) is 0 Å². The molecule has 0 saturated carbocycles. The van der Waals surface area contributed by atoms with Crippen LogP contribution in [0.4, 0.5) is 34.1 Å². The molecule has 0 unspecified atom stereocenters. The van der Waals surface area contributed by atoms with Gasteiger partial charge in [-0.05, 0) is 101 Å². The maximum absolute atomic E-state index is 2.35. The second-order valence-corrected chi connectivity index (χ2v) is 13.3. The zero-order valence-electron chi connectivity index (χ0n) is 26.8. The number of rotatable bonds is 7. The summed E-state index contributed by atoms with van der Waals surface area (Å²) in [5.74, 6) is 0. The minimum atomic E-state index is 1.12. The Bertz CT molecular complexity index is 2500. The highest BCUT2D eigenvalue weighted by Gasteiger charge is 2.16. The van der Waals surface area contributed by atoms with Gasteiger partial charge in [0.1, 0.15) is 0 Å². The molecule has 0 fully saturated rings. The fraction of sp³-hybridized carbons (Fsp3) is 0. The number of anilines is 6. The monoisotopic (exact) mass is 644 g/mol. The molecular formula is C46H32N2S. The van der Waals surface area contributed by atoms with Crippen LogP contribution in [0.25, 0.3) is 42.1 Å². The van der Waals surface area contributed by atoms with Gasteiger partial charge in [0.15, 0.2) is 0 Å². The van der Waals surface area contributed by atoms with Crippen molar-refractivity contribution in [2.24, 2.45) is 0 Å². The van der Waals surface area contributed by atoms with Crippen LogP contribution in [0.5, 0.6) is 0 Å². The first-order valence-corrected chi connectivity index (χ1v) is 17.4. The summed E-state index contributed by atoms with van der Waals surface area (Å²) in [5, 5.41) is 5.07. The Morgan fingerprint density at radius 2 is 0.796 bits per heavy atom. The van der Waals surface area contributed by atoms with Crippen molar-refractivity contribution in [3.8, 4) is 11.1 Å². The van der Waals surface area contributed by atoms with Gasteiger partial charge in [0, 0.05) is 54.3 Å². The summed E-state index contributed by atoms with van der Waals surface area (Å²) < 4.78 is 2.62. The fourth-order valence-electron chi connectivity index (χ4n) is 6.93. The third kappa shape index (κ3) is 5.41. The van der Waals surface area contributed by atoms with Crippen LogP contribution >= 0.6 is 11.3 Å². The first-order chi connectivity index (χ1) is 24.3. The van der Waals surface area contributed by atoms with Gasteiger partial charge in [-0.3, -0.25) is 0 Å². The Morgan fingerprint density at radius 3 is 1.43 bits per heavy atom. The molecule has 0 aliphatic rings. The van der Waals surface area contributed by atoms with Gasteiger partial charge in [0.2, 0.25) is 0 Å². The number of para-hydroxylation sites is 3. The highest BCUT2D eigenvalue weighted by molar-refractivity contribution is 7.25. The maximum Gasteiger partial charge on any atom is 0.0476 e. The van der Waals surface area contributed by atoms with E-state index in [9.17, 15) is 0 Å². The van der Waals surface area contributed by atoms with Crippen molar-refractivity contribution in [1.29, 1.82) is 0 Å². The van der Waals surface area contributed by atoms with Crippen LogP contribution in [0, 0.1) is 0 Å². The lowest BCUT2D eigenvalue weighted by Gasteiger charge is -2.26. The molecule has 9 rings (SSSR count). The third-order valence-electron chi connectivity index (χ3n) is 9.22. The second kappa shape index (κ2) is 12.5. The number of thiophene rings is 1. The van der Waals surface area contributed by atoms with Crippen molar-refractivity contribution in [2.45, 2.75) is 0 Å². The van der Waals surface area contributed by atoms with Crippen molar-refractivity contribution in [1.82, 2.24) is 0 Å². The summed E-state index contributed by atoms with van der Waals surface area (Å²) in [6.07, 6.45) is 0. The summed E-state index contributed by atoms with van der Waals surface area (Å²) in [4.78, 5) is 4.67. The average molecular weight is 645 g/mol. The van der Waals surface area contributed by atoms with Gasteiger partial charge in [0.25, 0.3) is 0 Å². The normalized spacial score (nSPS) is 11.3. The molecule has 0 amide bonds. The van der Waals surface area contributed by atoms with Crippen LogP contribution in [0.1, 0.15) is 0 Å². The summed E-state index contributed by atoms with van der Waals surface area (Å²) in [7, 11) is 0. The molecular weight excluding hydrogens is 613 g/mol. The van der Waals surface area contributed by atoms with E-state index in [1.165, 1.54) is 42.1 Å². The highest BCUT2D eigenvalue weighted by atomic mass is 32.1. The largest absolute Gasteiger partial charge is 0.310 e. The van der Waals surface area contributed by atoms with Crippen molar-refractivity contribution >= 4 is 76.4 Å². The quantitative estimate of drug-likeness (QED) is 0.170. The molecule has 0 bridgehead atoms. The minimum absolute atomic E-state index is 1.12. The van der Waals surface area contributed by atoms with E-state index in [0.717, 1.165) is 34.1 Å². The van der Waals surface area contributed by atoms with Gasteiger partial charge < -0.3 is 9.80 Å². The maximum atomic E-state index is 2.35. The minimum Gasteiger partial charge on any atom is -0.310 e. The van der Waals surface area contributed by atoms with Crippen LogP contribution in [0.2, 0.25) is 0 Å². The topological polar surface area (TPSA) is 6.48 Å². The first kappa shape index (κ1) is 29.0. The zero-order chi connectivity index (χ0) is 32.6. The molecule has 0 radical (unpaired) electrons. The van der Waals surface area contributed by atoms with Gasteiger partial charge in [-0.2, -0.15) is 0 Å². The molecule has 232 valence electrons. The van der Waals surface area contributed by atoms with E-state index in [2.05, 4.69) is 204 Å². The van der Waals surface area contributed by atoms with Crippen molar-refractivity contribution in [3.05, 3.63) is 194 Å². The number of benzene rings is 8. The molecule has 0 spiro atoms. The Kier molecular flexibility index (Phi) is 7.38. The molecule has 8 aromatic carbocycles. The van der Waals surface area contributed by atoms with Gasteiger partial charge in [-0.15, -0.1) is 11.3 Å². The lowest BCUT2D eigenvalue weighted by atomic mass is 9.97. The predicted molar refractivity (Wildman–Crippen MR) is 212 cm³/mol. The van der Waals surface area contributed by atoms with Crippen LogP contribution in [-0.4, -0.2) is 0 Å². The van der Waals surface area contributed by atoms with E-state index in [-0.39, 0.29) is 0 Å². The molecule has 0 aliphatic heterocycles. The van der Waals surface area contributed by atoms with E-state index in [1.807, 2.05) is 11.3 Å². The number of hydrogen-bond donors (Lipinski definition) is 0. The Hall–Kier alpha value is -6.16. The third-order valence-corrected chi connectivity index (χ3v) is 10.4. The van der Waals surface area contributed by atoms with Gasteiger partial charge >= 0.3 is 0 Å². The van der Waals surface area contributed by atoms with Crippen molar-refractivity contribution in [2.75, 3.05) is 9.80 Å². The predicted octanol–water partition coefficient (Wildman–Crippen LogP) is 13.8. The lowest BCUT2D eigenvalue weighted by Crippen LogP contribution is -2.09. The molecule has 0 saturated heterocycles. The second-order valence-electron chi connectivity index (χ2n) is 12.2. The van der Waals surface area contributed by atoms with Crippen LogP contribution in [-0.2, 0) is 0 Å². The summed E-state index contributed by atoms with van der Waals surface area (Å²) in [6, 6.07) is 69.7. The van der Waals surface area contributed by atoms with Gasteiger partial charge in [-0.25, -0.2) is 0 Å². The van der Waals surface area contributed by atoms with Crippen molar-refractivity contribution < 1.29 is 0 Å². The number of nitrogens with zero attached hydrogens (tertiary/aromatic N) is 2. The Balaban J connectivity index is 1.10. The van der Waals surface area contributed by atoms with E-state index in [0.29, 0.717) is 0 Å². The van der Waals surface area contributed by atoms with Gasteiger partial charge in [0.05, 0.1) is 0 Å². The van der Waals surface area contributed by atoms with Crippen LogP contribution < -0.4 is 9.80 Å². The van der Waals surface area contributed by atoms with Crippen LogP contribution in [0.15, 0.2) is 194 Å². The molecule has 49 heavy (non-hydrogen) atoms. The number of fused-ring (bicyclic) bond motifs is 4. The molecule has 1 aromatic heterocycles. The van der Waals surface area contributed by atoms with Crippen LogP contribution in [0.3, 0.4) is 0 Å². The summed E-state index contributed by atoms with van der Waals surface area (Å²) in [5.41, 5.74) is 9.22. The smallest absolute Gasteiger partial charge is 0.0476 e. The molecule has 0 N–H and O–H groups in total. The molecule has 0 atom stereocenters. The Morgan fingerprint density at radius 1 is 0.306 bits per heavy atom. The highest BCUT2D eigenvalue weighted by Crippen LogP contribution is 2.42. The molecule has 0 aliphatic carbocycles. The lowest BCUT2D eigenvalue weighted by molar-refractivity contribution is 1.29. The van der Waals surface area contributed by atoms with Crippen molar-refractivity contribution in [3.63, 3.8) is 0 Å². The molecule has 9 aromatic rings. The zero-order valence-corrected chi connectivity index (χ0v) is 27.6. The molecule has 1 heterocycles. The van der Waals surface area contributed by atoms with E-state index < -0.39 is 0 Å².